The number of ketones is 1. The third kappa shape index (κ3) is 5.73. The first-order valence-corrected chi connectivity index (χ1v) is 7.93. The van der Waals surface area contributed by atoms with Gasteiger partial charge in [0.05, 0.1) is 0 Å². The predicted octanol–water partition coefficient (Wildman–Crippen LogP) is 5.81. The van der Waals surface area contributed by atoms with E-state index >= 15 is 0 Å². The maximum Gasteiger partial charge on any atom is 0.169 e. The van der Waals surface area contributed by atoms with Crippen molar-refractivity contribution in [3.63, 3.8) is 0 Å². The fourth-order valence-electron chi connectivity index (χ4n) is 2.39. The van der Waals surface area contributed by atoms with Crippen molar-refractivity contribution in [2.24, 2.45) is 5.92 Å². The second-order valence-electron chi connectivity index (χ2n) is 5.63. The van der Waals surface area contributed by atoms with E-state index in [0.717, 1.165) is 24.0 Å². The summed E-state index contributed by atoms with van der Waals surface area (Å²) in [5, 5.41) is 0. The Kier molecular flexibility index (Phi) is 7.94. The molecule has 1 unspecified atom stereocenters. The van der Waals surface area contributed by atoms with Crippen LogP contribution in [0.1, 0.15) is 69.2 Å². The molecule has 1 heteroatoms. The average molecular weight is 272 g/mol. The molecule has 0 bridgehead atoms. The van der Waals surface area contributed by atoms with Crippen molar-refractivity contribution >= 4 is 5.78 Å². The van der Waals surface area contributed by atoms with E-state index in [1.807, 2.05) is 37.3 Å². The molecule has 0 aliphatic carbocycles. The van der Waals surface area contributed by atoms with Crippen molar-refractivity contribution in [2.75, 3.05) is 0 Å². The number of allylic oxidation sites excluding steroid dienone is 1. The lowest BCUT2D eigenvalue weighted by atomic mass is 9.90. The van der Waals surface area contributed by atoms with Crippen LogP contribution in [-0.2, 0) is 0 Å². The van der Waals surface area contributed by atoms with Gasteiger partial charge in [0.25, 0.3) is 0 Å². The van der Waals surface area contributed by atoms with Crippen LogP contribution in [0.4, 0.5) is 0 Å². The summed E-state index contributed by atoms with van der Waals surface area (Å²) in [5.41, 5.74) is 1.87. The number of carbonyl (C=O) groups excluding carboxylic acids is 1. The molecule has 0 amide bonds. The summed E-state index contributed by atoms with van der Waals surface area (Å²) in [6, 6.07) is 9.53. The van der Waals surface area contributed by atoms with Crippen LogP contribution in [0.2, 0.25) is 0 Å². The summed E-state index contributed by atoms with van der Waals surface area (Å²) in [6.07, 6.45) is 8.66. The van der Waals surface area contributed by atoms with Gasteiger partial charge >= 0.3 is 0 Å². The second-order valence-corrected chi connectivity index (χ2v) is 5.63. The number of Topliss-reactive ketones (excluding diaryl/α,β-unsaturated/α-hetero) is 1. The van der Waals surface area contributed by atoms with Crippen molar-refractivity contribution in [2.45, 2.75) is 58.8 Å². The van der Waals surface area contributed by atoms with E-state index in [2.05, 4.69) is 13.5 Å². The van der Waals surface area contributed by atoms with E-state index in [1.165, 1.54) is 32.1 Å². The molecule has 1 atom stereocenters. The molecule has 0 spiro atoms. The van der Waals surface area contributed by atoms with Crippen LogP contribution in [-0.4, -0.2) is 5.78 Å². The van der Waals surface area contributed by atoms with Gasteiger partial charge in [-0.05, 0) is 12.8 Å². The molecule has 110 valence electrons. The summed E-state index contributed by atoms with van der Waals surface area (Å²) < 4.78 is 0. The smallest absolute Gasteiger partial charge is 0.169 e. The maximum atomic E-state index is 12.3. The highest BCUT2D eigenvalue weighted by molar-refractivity contribution is 5.99. The maximum absolute atomic E-state index is 12.3. The molecule has 0 saturated carbocycles. The van der Waals surface area contributed by atoms with E-state index in [9.17, 15) is 4.79 Å². The average Bonchev–Trinajstić information content (AvgIpc) is 2.50. The second kappa shape index (κ2) is 9.52. The topological polar surface area (TPSA) is 17.1 Å². The van der Waals surface area contributed by atoms with E-state index in [4.69, 9.17) is 0 Å². The van der Waals surface area contributed by atoms with Crippen LogP contribution in [0.15, 0.2) is 42.5 Å². The minimum absolute atomic E-state index is 0.0620. The first-order valence-electron chi connectivity index (χ1n) is 7.93. The Morgan fingerprint density at radius 3 is 2.30 bits per heavy atom. The van der Waals surface area contributed by atoms with E-state index in [0.29, 0.717) is 0 Å². The summed E-state index contributed by atoms with van der Waals surface area (Å²) in [5.74, 6) is 0.134. The van der Waals surface area contributed by atoms with Crippen molar-refractivity contribution < 1.29 is 4.79 Å². The van der Waals surface area contributed by atoms with Gasteiger partial charge in [-0.1, -0.05) is 88.4 Å². The number of hydrogen-bond donors (Lipinski definition) is 0. The highest BCUT2D eigenvalue weighted by atomic mass is 16.1. The molecule has 1 aromatic carbocycles. The van der Waals surface area contributed by atoms with Crippen LogP contribution in [0.5, 0.6) is 0 Å². The van der Waals surface area contributed by atoms with Crippen molar-refractivity contribution in [1.29, 1.82) is 0 Å². The predicted molar refractivity (Wildman–Crippen MR) is 87.1 cm³/mol. The lowest BCUT2D eigenvalue weighted by molar-refractivity contribution is 0.0946. The molecule has 0 N–H and O–H groups in total. The molecule has 0 radical (unpaired) electrons. The van der Waals surface area contributed by atoms with Crippen molar-refractivity contribution in [3.05, 3.63) is 48.0 Å². The third-order valence-electron chi connectivity index (χ3n) is 3.92. The SMILES string of the molecule is C=C(CCCCCCCC)C(C)C(=O)c1ccccc1. The van der Waals surface area contributed by atoms with E-state index < -0.39 is 0 Å². The summed E-state index contributed by atoms with van der Waals surface area (Å²) in [6.45, 7) is 8.33. The number of benzene rings is 1. The van der Waals surface area contributed by atoms with E-state index in [1.54, 1.807) is 0 Å². The minimum Gasteiger partial charge on any atom is -0.294 e. The summed E-state index contributed by atoms with van der Waals surface area (Å²) in [4.78, 5) is 12.3. The fourth-order valence-corrected chi connectivity index (χ4v) is 2.39. The standard InChI is InChI=1S/C19H28O/c1-4-5-6-7-8-10-13-16(2)17(3)19(20)18-14-11-9-12-15-18/h9,11-12,14-15,17H,2,4-8,10,13H2,1,3H3. The zero-order chi connectivity index (χ0) is 14.8. The zero-order valence-corrected chi connectivity index (χ0v) is 13.0. The fraction of sp³-hybridized carbons (Fsp3) is 0.526. The molecule has 20 heavy (non-hydrogen) atoms. The van der Waals surface area contributed by atoms with Crippen LogP contribution in [0.3, 0.4) is 0 Å². The van der Waals surface area contributed by atoms with Gasteiger partial charge in [0.2, 0.25) is 0 Å². The number of hydrogen-bond acceptors (Lipinski definition) is 1. The number of unbranched alkanes of at least 4 members (excludes halogenated alkanes) is 5. The Labute approximate surface area is 124 Å². The molecule has 0 aliphatic heterocycles. The normalized spacial score (nSPS) is 12.1. The quantitative estimate of drug-likeness (QED) is 0.298. The van der Waals surface area contributed by atoms with Gasteiger partial charge in [-0.3, -0.25) is 4.79 Å². The van der Waals surface area contributed by atoms with Gasteiger partial charge in [0, 0.05) is 11.5 Å². The monoisotopic (exact) mass is 272 g/mol. The highest BCUT2D eigenvalue weighted by Gasteiger charge is 2.17. The third-order valence-corrected chi connectivity index (χ3v) is 3.92. The molecule has 1 nitrogen and oxygen atoms in total. The van der Waals surface area contributed by atoms with Gasteiger partial charge in [-0.15, -0.1) is 0 Å². The Morgan fingerprint density at radius 2 is 1.65 bits per heavy atom. The first kappa shape index (κ1) is 16.7. The Hall–Kier alpha value is -1.37. The number of carbonyl (C=O) groups is 1. The molecule has 0 saturated heterocycles. The molecule has 0 fully saturated rings. The molecular formula is C19H28O. The van der Waals surface area contributed by atoms with Gasteiger partial charge < -0.3 is 0 Å². The van der Waals surface area contributed by atoms with Gasteiger partial charge in [-0.25, -0.2) is 0 Å². The first-order chi connectivity index (χ1) is 9.66. The van der Waals surface area contributed by atoms with Crippen molar-refractivity contribution in [3.8, 4) is 0 Å². The molecular weight excluding hydrogens is 244 g/mol. The lowest BCUT2D eigenvalue weighted by Crippen LogP contribution is -2.13. The Balaban J connectivity index is 2.30. The molecule has 1 rings (SSSR count). The van der Waals surface area contributed by atoms with Crippen LogP contribution >= 0.6 is 0 Å². The summed E-state index contributed by atoms with van der Waals surface area (Å²) in [7, 11) is 0. The molecule has 0 aromatic heterocycles. The number of rotatable bonds is 10. The molecule has 0 heterocycles. The Bertz CT molecular complexity index is 405. The van der Waals surface area contributed by atoms with Gasteiger partial charge in [0.1, 0.15) is 0 Å². The largest absolute Gasteiger partial charge is 0.294 e. The highest BCUT2D eigenvalue weighted by Crippen LogP contribution is 2.21. The van der Waals surface area contributed by atoms with Gasteiger partial charge in [-0.2, -0.15) is 0 Å². The lowest BCUT2D eigenvalue weighted by Gasteiger charge is -2.14. The zero-order valence-electron chi connectivity index (χ0n) is 13.0. The van der Waals surface area contributed by atoms with E-state index in [-0.39, 0.29) is 11.7 Å². The minimum atomic E-state index is -0.0620. The van der Waals surface area contributed by atoms with Gasteiger partial charge in [0.15, 0.2) is 5.78 Å². The molecule has 1 aromatic rings. The Morgan fingerprint density at radius 1 is 1.05 bits per heavy atom. The molecule has 0 aliphatic rings. The van der Waals surface area contributed by atoms with Crippen molar-refractivity contribution in [1.82, 2.24) is 0 Å². The summed E-state index contributed by atoms with van der Waals surface area (Å²) >= 11 is 0. The van der Waals surface area contributed by atoms with Crippen LogP contribution in [0.25, 0.3) is 0 Å². The van der Waals surface area contributed by atoms with Crippen LogP contribution in [0, 0.1) is 5.92 Å². The van der Waals surface area contributed by atoms with Crippen LogP contribution < -0.4 is 0 Å².